The summed E-state index contributed by atoms with van der Waals surface area (Å²) in [5.41, 5.74) is 1.38. The van der Waals surface area contributed by atoms with Gasteiger partial charge in [0.1, 0.15) is 5.82 Å². The summed E-state index contributed by atoms with van der Waals surface area (Å²) in [7, 11) is 2.06. The van der Waals surface area contributed by atoms with Crippen LogP contribution in [0.15, 0.2) is 41.8 Å². The van der Waals surface area contributed by atoms with E-state index in [0.717, 1.165) is 36.6 Å². The lowest BCUT2D eigenvalue weighted by molar-refractivity contribution is -0.126. The molecule has 0 radical (unpaired) electrons. The van der Waals surface area contributed by atoms with E-state index >= 15 is 0 Å². The Morgan fingerprint density at radius 2 is 1.83 bits per heavy atom. The molecule has 2 aromatic rings. The van der Waals surface area contributed by atoms with Crippen molar-refractivity contribution in [2.75, 3.05) is 33.2 Å². The lowest BCUT2D eigenvalue weighted by Gasteiger charge is -2.33. The van der Waals surface area contributed by atoms with E-state index in [1.807, 2.05) is 28.5 Å². The fraction of sp³-hybridized carbons (Fsp3) is 0.278. The summed E-state index contributed by atoms with van der Waals surface area (Å²) in [6.45, 7) is 3.19. The lowest BCUT2D eigenvalue weighted by atomic mass is 10.0. The second-order valence-corrected chi connectivity index (χ2v) is 6.66. The summed E-state index contributed by atoms with van der Waals surface area (Å²) in [6, 6.07) is 10.1. The van der Waals surface area contributed by atoms with E-state index in [0.29, 0.717) is 5.57 Å². The minimum absolute atomic E-state index is 0.0121. The molecule has 0 spiro atoms. The standard InChI is InChI=1S/C18H19FN2OS/c1-20-8-10-21(11-9-20)18(22)17(13-16-3-2-12-23-16)14-4-6-15(19)7-5-14/h2-7,12-13H,8-11H2,1H3. The quantitative estimate of drug-likeness (QED) is 0.807. The molecule has 1 fully saturated rings. The highest BCUT2D eigenvalue weighted by Crippen LogP contribution is 2.24. The molecule has 0 bridgehead atoms. The van der Waals surface area contributed by atoms with Gasteiger partial charge in [-0.25, -0.2) is 4.39 Å². The van der Waals surface area contributed by atoms with Crippen molar-refractivity contribution in [3.8, 4) is 0 Å². The van der Waals surface area contributed by atoms with Crippen LogP contribution in [0.2, 0.25) is 0 Å². The number of carbonyl (C=O) groups is 1. The molecule has 23 heavy (non-hydrogen) atoms. The Labute approximate surface area is 139 Å². The third kappa shape index (κ3) is 3.86. The third-order valence-electron chi connectivity index (χ3n) is 4.01. The molecule has 1 amide bonds. The van der Waals surface area contributed by atoms with Gasteiger partial charge in [0.05, 0.1) is 0 Å². The van der Waals surface area contributed by atoms with Gasteiger partial charge in [-0.2, -0.15) is 0 Å². The van der Waals surface area contributed by atoms with Crippen LogP contribution in [0.5, 0.6) is 0 Å². The zero-order chi connectivity index (χ0) is 16.2. The number of hydrogen-bond donors (Lipinski definition) is 0. The molecule has 0 N–H and O–H groups in total. The number of carbonyl (C=O) groups excluding carboxylic acids is 1. The van der Waals surface area contributed by atoms with E-state index in [2.05, 4.69) is 11.9 Å². The lowest BCUT2D eigenvalue weighted by Crippen LogP contribution is -2.47. The second kappa shape index (κ2) is 7.06. The summed E-state index contributed by atoms with van der Waals surface area (Å²) >= 11 is 1.58. The molecular weight excluding hydrogens is 311 g/mol. The SMILES string of the molecule is CN1CCN(C(=O)C(=Cc2cccs2)c2ccc(F)cc2)CC1. The van der Waals surface area contributed by atoms with Gasteiger partial charge in [-0.15, -0.1) is 11.3 Å². The van der Waals surface area contributed by atoms with E-state index < -0.39 is 0 Å². The Morgan fingerprint density at radius 3 is 2.43 bits per heavy atom. The summed E-state index contributed by atoms with van der Waals surface area (Å²) < 4.78 is 13.2. The average molecular weight is 330 g/mol. The van der Waals surface area contributed by atoms with Gasteiger partial charge in [-0.3, -0.25) is 4.79 Å². The highest BCUT2D eigenvalue weighted by atomic mass is 32.1. The number of nitrogens with zero attached hydrogens (tertiary/aromatic N) is 2. The minimum Gasteiger partial charge on any atom is -0.336 e. The average Bonchev–Trinajstić information content (AvgIpc) is 3.07. The fourth-order valence-corrected chi connectivity index (χ4v) is 3.25. The molecule has 0 aliphatic carbocycles. The number of amides is 1. The molecule has 5 heteroatoms. The van der Waals surface area contributed by atoms with E-state index in [4.69, 9.17) is 0 Å². The minimum atomic E-state index is -0.295. The third-order valence-corrected chi connectivity index (χ3v) is 4.83. The van der Waals surface area contributed by atoms with Crippen molar-refractivity contribution in [1.29, 1.82) is 0 Å². The van der Waals surface area contributed by atoms with E-state index in [-0.39, 0.29) is 11.7 Å². The number of hydrogen-bond acceptors (Lipinski definition) is 3. The van der Waals surface area contributed by atoms with Crippen LogP contribution >= 0.6 is 11.3 Å². The topological polar surface area (TPSA) is 23.6 Å². The zero-order valence-corrected chi connectivity index (χ0v) is 13.9. The highest BCUT2D eigenvalue weighted by molar-refractivity contribution is 7.11. The first-order valence-corrected chi connectivity index (χ1v) is 8.50. The van der Waals surface area contributed by atoms with E-state index in [1.54, 1.807) is 23.5 Å². The molecule has 0 saturated carbocycles. The molecule has 120 valence electrons. The first kappa shape index (κ1) is 15.9. The normalized spacial score (nSPS) is 16.6. The summed E-state index contributed by atoms with van der Waals surface area (Å²) in [6.07, 6.45) is 1.90. The molecule has 0 unspecified atom stereocenters. The number of likely N-dealkylation sites (N-methyl/N-ethyl adjacent to an activating group) is 1. The van der Waals surface area contributed by atoms with Crippen LogP contribution in [0, 0.1) is 5.82 Å². The Morgan fingerprint density at radius 1 is 1.13 bits per heavy atom. The Bertz CT molecular complexity index is 686. The monoisotopic (exact) mass is 330 g/mol. The van der Waals surface area contributed by atoms with Crippen molar-refractivity contribution in [3.63, 3.8) is 0 Å². The van der Waals surface area contributed by atoms with Crippen LogP contribution in [0.4, 0.5) is 4.39 Å². The molecule has 1 aliphatic rings. The summed E-state index contributed by atoms with van der Waals surface area (Å²) in [5.74, 6) is -0.283. The van der Waals surface area contributed by atoms with Gasteiger partial charge in [-0.05, 0) is 42.3 Å². The van der Waals surface area contributed by atoms with Gasteiger partial charge in [0.2, 0.25) is 0 Å². The molecule has 1 aromatic heterocycles. The van der Waals surface area contributed by atoms with Crippen molar-refractivity contribution in [2.45, 2.75) is 0 Å². The number of rotatable bonds is 3. The molecule has 2 heterocycles. The van der Waals surface area contributed by atoms with Gasteiger partial charge in [0.25, 0.3) is 5.91 Å². The number of benzene rings is 1. The van der Waals surface area contributed by atoms with E-state index in [1.165, 1.54) is 12.1 Å². The van der Waals surface area contributed by atoms with Crippen LogP contribution < -0.4 is 0 Å². The second-order valence-electron chi connectivity index (χ2n) is 5.68. The Kier molecular flexibility index (Phi) is 4.88. The van der Waals surface area contributed by atoms with E-state index in [9.17, 15) is 9.18 Å². The van der Waals surface area contributed by atoms with Gasteiger partial charge in [0.15, 0.2) is 0 Å². The highest BCUT2D eigenvalue weighted by Gasteiger charge is 2.23. The van der Waals surface area contributed by atoms with Crippen LogP contribution in [-0.2, 0) is 4.79 Å². The number of piperazine rings is 1. The number of halogens is 1. The number of thiophene rings is 1. The maximum Gasteiger partial charge on any atom is 0.254 e. The largest absolute Gasteiger partial charge is 0.336 e. The summed E-state index contributed by atoms with van der Waals surface area (Å²) in [5, 5.41) is 1.98. The Balaban J connectivity index is 1.92. The zero-order valence-electron chi connectivity index (χ0n) is 13.0. The smallest absolute Gasteiger partial charge is 0.254 e. The molecule has 3 nitrogen and oxygen atoms in total. The van der Waals surface area contributed by atoms with Gasteiger partial charge >= 0.3 is 0 Å². The van der Waals surface area contributed by atoms with Crippen LogP contribution in [0.1, 0.15) is 10.4 Å². The molecule has 1 aromatic carbocycles. The molecule has 0 atom stereocenters. The molecule has 1 aliphatic heterocycles. The van der Waals surface area contributed by atoms with Gasteiger partial charge in [-0.1, -0.05) is 18.2 Å². The van der Waals surface area contributed by atoms with Crippen LogP contribution in [-0.4, -0.2) is 48.9 Å². The van der Waals surface area contributed by atoms with Crippen molar-refractivity contribution in [3.05, 3.63) is 58.0 Å². The van der Waals surface area contributed by atoms with Crippen molar-refractivity contribution in [1.82, 2.24) is 9.80 Å². The van der Waals surface area contributed by atoms with Crippen molar-refractivity contribution < 1.29 is 9.18 Å². The van der Waals surface area contributed by atoms with Crippen molar-refractivity contribution >= 4 is 28.9 Å². The van der Waals surface area contributed by atoms with Crippen molar-refractivity contribution in [2.24, 2.45) is 0 Å². The first-order valence-electron chi connectivity index (χ1n) is 7.62. The maximum atomic E-state index is 13.2. The molecule has 3 rings (SSSR count). The predicted molar refractivity (Wildman–Crippen MR) is 92.7 cm³/mol. The molecular formula is C18H19FN2OS. The fourth-order valence-electron chi connectivity index (χ4n) is 2.59. The maximum absolute atomic E-state index is 13.2. The van der Waals surface area contributed by atoms with Gasteiger partial charge in [0, 0.05) is 36.6 Å². The van der Waals surface area contributed by atoms with Crippen LogP contribution in [0.25, 0.3) is 11.6 Å². The first-order chi connectivity index (χ1) is 11.1. The summed E-state index contributed by atoms with van der Waals surface area (Å²) in [4.78, 5) is 18.1. The Hall–Kier alpha value is -1.98. The predicted octanol–water partition coefficient (Wildman–Crippen LogP) is 3.20. The van der Waals surface area contributed by atoms with Crippen LogP contribution in [0.3, 0.4) is 0 Å². The molecule has 1 saturated heterocycles. The van der Waals surface area contributed by atoms with Gasteiger partial charge < -0.3 is 9.80 Å².